The molecule has 1 amide bonds. The second kappa shape index (κ2) is 7.03. The van der Waals surface area contributed by atoms with Crippen molar-refractivity contribution in [2.45, 2.75) is 12.9 Å². The van der Waals surface area contributed by atoms with Crippen molar-refractivity contribution >= 4 is 32.7 Å². The van der Waals surface area contributed by atoms with Crippen LogP contribution in [0.5, 0.6) is 5.75 Å². The zero-order valence-corrected chi connectivity index (χ0v) is 15.2. The van der Waals surface area contributed by atoms with Crippen molar-refractivity contribution in [1.29, 1.82) is 0 Å². The lowest BCUT2D eigenvalue weighted by Crippen LogP contribution is -2.26. The largest absolute Gasteiger partial charge is 0.573 e. The lowest BCUT2D eigenvalue weighted by atomic mass is 10.2. The number of fused-ring (bicyclic) bond motifs is 1. The Morgan fingerprint density at radius 1 is 1.15 bits per heavy atom. The first-order valence-corrected chi connectivity index (χ1v) is 8.42. The van der Waals surface area contributed by atoms with Crippen LogP contribution in [-0.2, 0) is 13.6 Å². The fourth-order valence-corrected chi connectivity index (χ4v) is 3.51. The number of benzene rings is 2. The average Bonchev–Trinajstić information content (AvgIpc) is 2.84. The maximum Gasteiger partial charge on any atom is 0.573 e. The molecule has 3 rings (SSSR count). The van der Waals surface area contributed by atoms with E-state index < -0.39 is 12.3 Å². The maximum atomic E-state index is 12.6. The molecule has 0 aliphatic carbocycles. The molecule has 0 saturated carbocycles. The number of amides is 1. The number of halogens is 4. The highest BCUT2D eigenvalue weighted by Crippen LogP contribution is 2.30. The Kier molecular flexibility index (Phi) is 4.95. The van der Waals surface area contributed by atoms with Crippen LogP contribution in [0.1, 0.15) is 16.1 Å². The van der Waals surface area contributed by atoms with Gasteiger partial charge in [-0.3, -0.25) is 4.79 Å². The van der Waals surface area contributed by atoms with Crippen LogP contribution < -0.4 is 10.1 Å². The smallest absolute Gasteiger partial charge is 0.405 e. The molecule has 0 fully saturated rings. The molecule has 3 aromatic rings. The number of nitrogens with one attached hydrogen (secondary N) is 1. The number of ether oxygens (including phenoxy) is 1. The zero-order chi connectivity index (χ0) is 18.9. The van der Waals surface area contributed by atoms with Gasteiger partial charge < -0.3 is 14.6 Å². The van der Waals surface area contributed by atoms with E-state index in [0.717, 1.165) is 10.9 Å². The lowest BCUT2D eigenvalue weighted by Gasteiger charge is -2.14. The molecule has 1 heterocycles. The third kappa shape index (κ3) is 3.70. The van der Waals surface area contributed by atoms with Gasteiger partial charge in [0.25, 0.3) is 5.91 Å². The second-order valence-electron chi connectivity index (χ2n) is 5.58. The summed E-state index contributed by atoms with van der Waals surface area (Å²) in [5.41, 5.74) is 1.49. The number of hydrogen-bond donors (Lipinski definition) is 1. The van der Waals surface area contributed by atoms with Gasteiger partial charge in [0.1, 0.15) is 11.4 Å². The highest BCUT2D eigenvalue weighted by atomic mass is 79.9. The van der Waals surface area contributed by atoms with E-state index in [2.05, 4.69) is 26.0 Å². The van der Waals surface area contributed by atoms with Gasteiger partial charge in [0.2, 0.25) is 0 Å². The number of para-hydroxylation sites is 2. The highest BCUT2D eigenvalue weighted by Gasteiger charge is 2.32. The molecule has 2 aromatic carbocycles. The van der Waals surface area contributed by atoms with Gasteiger partial charge in [-0.05, 0) is 28.1 Å². The van der Waals surface area contributed by atoms with Gasteiger partial charge in [-0.1, -0.05) is 36.4 Å². The number of carbonyl (C=O) groups excluding carboxylic acids is 1. The summed E-state index contributed by atoms with van der Waals surface area (Å²) in [5.74, 6) is -0.742. The Hall–Kier alpha value is -2.48. The molecule has 0 aliphatic heterocycles. The van der Waals surface area contributed by atoms with Crippen molar-refractivity contribution < 1.29 is 22.7 Å². The van der Waals surface area contributed by atoms with Gasteiger partial charge in [0.15, 0.2) is 0 Å². The highest BCUT2D eigenvalue weighted by molar-refractivity contribution is 9.10. The van der Waals surface area contributed by atoms with Crippen molar-refractivity contribution in [2.75, 3.05) is 0 Å². The first-order valence-electron chi connectivity index (χ1n) is 7.62. The minimum atomic E-state index is -4.79. The molecule has 136 valence electrons. The van der Waals surface area contributed by atoms with Crippen molar-refractivity contribution in [3.63, 3.8) is 0 Å². The number of nitrogens with zero attached hydrogens (tertiary/aromatic N) is 1. The van der Waals surface area contributed by atoms with Gasteiger partial charge in [0, 0.05) is 30.1 Å². The van der Waals surface area contributed by atoms with Crippen LogP contribution in [0.4, 0.5) is 13.2 Å². The van der Waals surface area contributed by atoms with Gasteiger partial charge in [-0.2, -0.15) is 0 Å². The molecule has 26 heavy (non-hydrogen) atoms. The SMILES string of the molecule is Cn1c(C(=O)NCc2ccccc2OC(F)(F)F)c(Br)c2ccccc21. The quantitative estimate of drug-likeness (QED) is 0.652. The summed E-state index contributed by atoms with van der Waals surface area (Å²) in [4.78, 5) is 12.6. The Morgan fingerprint density at radius 3 is 2.50 bits per heavy atom. The number of hydrogen-bond acceptors (Lipinski definition) is 2. The Balaban J connectivity index is 1.83. The van der Waals surface area contributed by atoms with Crippen LogP contribution in [-0.4, -0.2) is 16.8 Å². The molecular weight excluding hydrogens is 413 g/mol. The second-order valence-corrected chi connectivity index (χ2v) is 6.37. The van der Waals surface area contributed by atoms with E-state index in [1.807, 2.05) is 24.3 Å². The van der Waals surface area contributed by atoms with E-state index in [0.29, 0.717) is 10.2 Å². The topological polar surface area (TPSA) is 43.3 Å². The maximum absolute atomic E-state index is 12.6. The normalized spacial score (nSPS) is 11.6. The molecule has 1 N–H and O–H groups in total. The zero-order valence-electron chi connectivity index (χ0n) is 13.6. The van der Waals surface area contributed by atoms with E-state index in [9.17, 15) is 18.0 Å². The summed E-state index contributed by atoms with van der Waals surface area (Å²) >= 11 is 3.43. The minimum absolute atomic E-state index is 0.0982. The molecular formula is C18H14BrF3N2O2. The molecule has 0 spiro atoms. The molecule has 0 saturated heterocycles. The Labute approximate surface area is 155 Å². The van der Waals surface area contributed by atoms with Gasteiger partial charge >= 0.3 is 6.36 Å². The first-order chi connectivity index (χ1) is 12.3. The molecule has 0 radical (unpaired) electrons. The predicted molar refractivity (Wildman–Crippen MR) is 94.9 cm³/mol. The van der Waals surface area contributed by atoms with Crippen molar-refractivity contribution in [3.8, 4) is 5.75 Å². The van der Waals surface area contributed by atoms with E-state index >= 15 is 0 Å². The summed E-state index contributed by atoms with van der Waals surface area (Å²) in [6.07, 6.45) is -4.79. The number of carbonyl (C=O) groups is 1. The van der Waals surface area contributed by atoms with E-state index in [-0.39, 0.29) is 17.9 Å². The average molecular weight is 427 g/mol. The minimum Gasteiger partial charge on any atom is -0.405 e. The fraction of sp³-hybridized carbons (Fsp3) is 0.167. The van der Waals surface area contributed by atoms with E-state index in [1.165, 1.54) is 18.2 Å². The molecule has 1 aromatic heterocycles. The van der Waals surface area contributed by atoms with Crippen LogP contribution in [0, 0.1) is 0 Å². The molecule has 0 bridgehead atoms. The molecule has 0 unspecified atom stereocenters. The van der Waals surface area contributed by atoms with Crippen LogP contribution in [0.15, 0.2) is 53.0 Å². The van der Waals surface area contributed by atoms with Crippen molar-refractivity contribution in [1.82, 2.24) is 9.88 Å². The van der Waals surface area contributed by atoms with Gasteiger partial charge in [0.05, 0.1) is 4.47 Å². The van der Waals surface area contributed by atoms with E-state index in [4.69, 9.17) is 0 Å². The first kappa shape index (κ1) is 18.3. The molecule has 4 nitrogen and oxygen atoms in total. The number of rotatable bonds is 4. The molecule has 0 atom stereocenters. The summed E-state index contributed by atoms with van der Waals surface area (Å²) < 4.78 is 43.8. The summed E-state index contributed by atoms with van der Waals surface area (Å²) in [5, 5.41) is 3.52. The van der Waals surface area contributed by atoms with Crippen LogP contribution in [0.2, 0.25) is 0 Å². The summed E-state index contributed by atoms with van der Waals surface area (Å²) in [6.45, 7) is -0.0982. The number of alkyl halides is 3. The van der Waals surface area contributed by atoms with E-state index in [1.54, 1.807) is 17.7 Å². The van der Waals surface area contributed by atoms with Crippen LogP contribution >= 0.6 is 15.9 Å². The van der Waals surface area contributed by atoms with Gasteiger partial charge in [-0.15, -0.1) is 13.2 Å². The van der Waals surface area contributed by atoms with Crippen LogP contribution in [0.3, 0.4) is 0 Å². The van der Waals surface area contributed by atoms with Gasteiger partial charge in [-0.25, -0.2) is 0 Å². The summed E-state index contributed by atoms with van der Waals surface area (Å²) in [7, 11) is 1.75. The summed E-state index contributed by atoms with van der Waals surface area (Å²) in [6, 6.07) is 13.2. The standard InChI is InChI=1S/C18H14BrF3N2O2/c1-24-13-8-4-3-7-12(13)15(19)16(24)17(25)23-10-11-6-2-5-9-14(11)26-18(20,21)22/h2-9H,10H2,1H3,(H,23,25). The monoisotopic (exact) mass is 426 g/mol. The van der Waals surface area contributed by atoms with Crippen molar-refractivity contribution in [3.05, 3.63) is 64.3 Å². The third-order valence-corrected chi connectivity index (χ3v) is 4.70. The predicted octanol–water partition coefficient (Wildman–Crippen LogP) is 4.77. The Bertz CT molecular complexity index is 928. The Morgan fingerprint density at radius 2 is 1.81 bits per heavy atom. The van der Waals surface area contributed by atoms with Crippen LogP contribution in [0.25, 0.3) is 10.9 Å². The van der Waals surface area contributed by atoms with Crippen molar-refractivity contribution in [2.24, 2.45) is 7.05 Å². The number of aryl methyl sites for hydroxylation is 1. The third-order valence-electron chi connectivity index (χ3n) is 3.90. The lowest BCUT2D eigenvalue weighted by molar-refractivity contribution is -0.274. The molecule has 0 aliphatic rings. The molecule has 8 heteroatoms. The number of aromatic nitrogens is 1. The fourth-order valence-electron chi connectivity index (χ4n) is 2.73.